The Labute approximate surface area is 143 Å². The number of hydrogen-bond acceptors (Lipinski definition) is 4. The molecular weight excluding hydrogens is 306 g/mol. The van der Waals surface area contributed by atoms with Crippen LogP contribution in [0.15, 0.2) is 24.3 Å². The first-order valence-corrected chi connectivity index (χ1v) is 8.31. The van der Waals surface area contributed by atoms with E-state index >= 15 is 0 Å². The van der Waals surface area contributed by atoms with Gasteiger partial charge in [0.15, 0.2) is 0 Å². The zero-order valence-electron chi connectivity index (χ0n) is 14.7. The van der Waals surface area contributed by atoms with Crippen molar-refractivity contribution in [3.8, 4) is 5.75 Å². The lowest BCUT2D eigenvalue weighted by Crippen LogP contribution is -2.49. The fourth-order valence-corrected chi connectivity index (χ4v) is 3.10. The molecule has 2 atom stereocenters. The molecule has 2 N–H and O–H groups in total. The third-order valence-corrected chi connectivity index (χ3v) is 4.78. The molecule has 1 fully saturated rings. The molecule has 1 aliphatic rings. The highest BCUT2D eigenvalue weighted by atomic mass is 16.5. The van der Waals surface area contributed by atoms with Gasteiger partial charge >= 0.3 is 0 Å². The third kappa shape index (κ3) is 4.47. The second kappa shape index (κ2) is 8.15. The Morgan fingerprint density at radius 1 is 1.33 bits per heavy atom. The summed E-state index contributed by atoms with van der Waals surface area (Å²) in [5, 5.41) is 0. The van der Waals surface area contributed by atoms with Gasteiger partial charge in [-0.2, -0.15) is 0 Å². The molecule has 2 unspecified atom stereocenters. The van der Waals surface area contributed by atoms with Crippen LogP contribution in [0.2, 0.25) is 0 Å². The summed E-state index contributed by atoms with van der Waals surface area (Å²) >= 11 is 0. The van der Waals surface area contributed by atoms with E-state index in [1.807, 2.05) is 24.3 Å². The number of likely N-dealkylation sites (N-methyl/N-ethyl adjacent to an activating group) is 1. The van der Waals surface area contributed by atoms with Crippen molar-refractivity contribution in [1.29, 1.82) is 0 Å². The molecule has 132 valence electrons. The van der Waals surface area contributed by atoms with Crippen molar-refractivity contribution in [2.24, 2.45) is 11.7 Å². The van der Waals surface area contributed by atoms with Crippen molar-refractivity contribution >= 4 is 11.8 Å². The molecule has 1 aliphatic heterocycles. The monoisotopic (exact) mass is 333 g/mol. The average molecular weight is 333 g/mol. The van der Waals surface area contributed by atoms with E-state index in [0.29, 0.717) is 19.6 Å². The summed E-state index contributed by atoms with van der Waals surface area (Å²) in [6.45, 7) is 3.44. The Bertz CT molecular complexity index is 591. The maximum absolute atomic E-state index is 12.6. The van der Waals surface area contributed by atoms with E-state index in [0.717, 1.165) is 24.2 Å². The first-order valence-electron chi connectivity index (χ1n) is 8.31. The Kier molecular flexibility index (Phi) is 6.20. The molecule has 0 radical (unpaired) electrons. The van der Waals surface area contributed by atoms with Gasteiger partial charge in [-0.1, -0.05) is 18.2 Å². The van der Waals surface area contributed by atoms with Crippen molar-refractivity contribution in [1.82, 2.24) is 9.80 Å². The number of methoxy groups -OCH3 is 1. The van der Waals surface area contributed by atoms with Crippen molar-refractivity contribution in [2.45, 2.75) is 32.4 Å². The van der Waals surface area contributed by atoms with Crippen LogP contribution in [0.5, 0.6) is 5.75 Å². The molecule has 0 spiro atoms. The Balaban J connectivity index is 1.96. The maximum atomic E-state index is 12.6. The molecule has 0 bridgehead atoms. The van der Waals surface area contributed by atoms with E-state index in [-0.39, 0.29) is 23.8 Å². The number of piperidine rings is 1. The largest absolute Gasteiger partial charge is 0.496 e. The van der Waals surface area contributed by atoms with Crippen LogP contribution in [0.3, 0.4) is 0 Å². The van der Waals surface area contributed by atoms with Crippen LogP contribution in [0.25, 0.3) is 0 Å². The van der Waals surface area contributed by atoms with Crippen LogP contribution in [0.1, 0.15) is 25.3 Å². The van der Waals surface area contributed by atoms with Crippen molar-refractivity contribution in [3.63, 3.8) is 0 Å². The van der Waals surface area contributed by atoms with E-state index in [9.17, 15) is 9.59 Å². The number of likely N-dealkylation sites (tertiary alicyclic amines) is 1. The van der Waals surface area contributed by atoms with Gasteiger partial charge in [0.2, 0.25) is 11.8 Å². The van der Waals surface area contributed by atoms with Gasteiger partial charge in [-0.25, -0.2) is 0 Å². The van der Waals surface area contributed by atoms with Crippen LogP contribution in [0, 0.1) is 5.92 Å². The molecule has 24 heavy (non-hydrogen) atoms. The number of nitrogens with two attached hydrogens (primary N) is 1. The van der Waals surface area contributed by atoms with Crippen molar-refractivity contribution in [3.05, 3.63) is 29.8 Å². The van der Waals surface area contributed by atoms with Crippen LogP contribution in [0.4, 0.5) is 0 Å². The number of para-hydroxylation sites is 1. The van der Waals surface area contributed by atoms with E-state index in [4.69, 9.17) is 10.5 Å². The van der Waals surface area contributed by atoms with E-state index < -0.39 is 0 Å². The standard InChI is InChI=1S/C18H27N3O3/c1-13-8-9-15(18(19)23)11-21(13)12-17(22)20(2)10-14-6-4-5-7-16(14)24-3/h4-7,13,15H,8-12H2,1-3H3,(H2,19,23). The number of primary amides is 1. The topological polar surface area (TPSA) is 75.9 Å². The summed E-state index contributed by atoms with van der Waals surface area (Å²) in [7, 11) is 3.41. The number of amides is 2. The zero-order chi connectivity index (χ0) is 17.7. The Morgan fingerprint density at radius 2 is 2.04 bits per heavy atom. The first kappa shape index (κ1) is 18.3. The van der Waals surface area contributed by atoms with Gasteiger partial charge in [-0.15, -0.1) is 0 Å². The van der Waals surface area contributed by atoms with Crippen molar-refractivity contribution < 1.29 is 14.3 Å². The molecular formula is C18H27N3O3. The fourth-order valence-electron chi connectivity index (χ4n) is 3.10. The second-order valence-electron chi connectivity index (χ2n) is 6.52. The van der Waals surface area contributed by atoms with Crippen LogP contribution in [-0.2, 0) is 16.1 Å². The second-order valence-corrected chi connectivity index (χ2v) is 6.52. The fraction of sp³-hybridized carbons (Fsp3) is 0.556. The molecule has 1 aromatic rings. The zero-order valence-corrected chi connectivity index (χ0v) is 14.7. The summed E-state index contributed by atoms with van der Waals surface area (Å²) in [5.74, 6) is 0.366. The van der Waals surface area contributed by atoms with Crippen LogP contribution >= 0.6 is 0 Å². The molecule has 1 heterocycles. The van der Waals surface area contributed by atoms with E-state index in [1.54, 1.807) is 19.1 Å². The lowest BCUT2D eigenvalue weighted by Gasteiger charge is -2.37. The highest BCUT2D eigenvalue weighted by Crippen LogP contribution is 2.22. The number of ether oxygens (including phenoxy) is 1. The number of carbonyl (C=O) groups excluding carboxylic acids is 2. The predicted octanol–water partition coefficient (Wildman–Crippen LogP) is 1.24. The molecule has 2 rings (SSSR count). The maximum Gasteiger partial charge on any atom is 0.236 e. The van der Waals surface area contributed by atoms with Gasteiger partial charge in [-0.05, 0) is 25.8 Å². The Hall–Kier alpha value is -2.08. The van der Waals surface area contributed by atoms with Gasteiger partial charge in [-0.3, -0.25) is 14.5 Å². The van der Waals surface area contributed by atoms with Gasteiger partial charge < -0.3 is 15.4 Å². The van der Waals surface area contributed by atoms with Gasteiger partial charge in [0.05, 0.1) is 19.6 Å². The normalized spacial score (nSPS) is 21.3. The number of benzene rings is 1. The van der Waals surface area contributed by atoms with Gasteiger partial charge in [0.25, 0.3) is 0 Å². The molecule has 1 aromatic carbocycles. The number of carbonyl (C=O) groups is 2. The van der Waals surface area contributed by atoms with E-state index in [1.165, 1.54) is 0 Å². The first-order chi connectivity index (χ1) is 11.4. The summed E-state index contributed by atoms with van der Waals surface area (Å²) in [6.07, 6.45) is 1.69. The van der Waals surface area contributed by atoms with Crippen LogP contribution in [-0.4, -0.2) is 54.9 Å². The quantitative estimate of drug-likeness (QED) is 0.850. The highest BCUT2D eigenvalue weighted by Gasteiger charge is 2.30. The number of rotatable bonds is 6. The molecule has 1 saturated heterocycles. The smallest absolute Gasteiger partial charge is 0.236 e. The average Bonchev–Trinajstić information content (AvgIpc) is 2.57. The lowest BCUT2D eigenvalue weighted by atomic mass is 9.93. The van der Waals surface area contributed by atoms with Crippen molar-refractivity contribution in [2.75, 3.05) is 27.2 Å². The van der Waals surface area contributed by atoms with Gasteiger partial charge in [0, 0.05) is 31.7 Å². The third-order valence-electron chi connectivity index (χ3n) is 4.78. The predicted molar refractivity (Wildman–Crippen MR) is 92.4 cm³/mol. The minimum atomic E-state index is -0.276. The number of hydrogen-bond donors (Lipinski definition) is 1. The molecule has 6 nitrogen and oxygen atoms in total. The lowest BCUT2D eigenvalue weighted by molar-refractivity contribution is -0.134. The van der Waals surface area contributed by atoms with Crippen LogP contribution < -0.4 is 10.5 Å². The minimum Gasteiger partial charge on any atom is -0.496 e. The van der Waals surface area contributed by atoms with Gasteiger partial charge in [0.1, 0.15) is 5.75 Å². The van der Waals surface area contributed by atoms with E-state index in [2.05, 4.69) is 11.8 Å². The molecule has 0 saturated carbocycles. The molecule has 6 heteroatoms. The summed E-state index contributed by atoms with van der Waals surface area (Å²) < 4.78 is 5.33. The number of nitrogens with zero attached hydrogens (tertiary/aromatic N) is 2. The molecule has 0 aromatic heterocycles. The molecule has 0 aliphatic carbocycles. The summed E-state index contributed by atoms with van der Waals surface area (Å²) in [5.41, 5.74) is 6.39. The summed E-state index contributed by atoms with van der Waals surface area (Å²) in [4.78, 5) is 27.7. The Morgan fingerprint density at radius 3 is 2.71 bits per heavy atom. The minimum absolute atomic E-state index is 0.0258. The highest BCUT2D eigenvalue weighted by molar-refractivity contribution is 5.79. The SMILES string of the molecule is COc1ccccc1CN(C)C(=O)CN1CC(C(N)=O)CCC1C. The summed E-state index contributed by atoms with van der Waals surface area (Å²) in [6, 6.07) is 7.96. The molecule has 2 amide bonds.